The number of hydrogen-bond acceptors (Lipinski definition) is 2. The Labute approximate surface area is 163 Å². The predicted octanol–water partition coefficient (Wildman–Crippen LogP) is 4.58. The van der Waals surface area contributed by atoms with Gasteiger partial charge in [-0.1, -0.05) is 17.7 Å². The van der Waals surface area contributed by atoms with Gasteiger partial charge in [0.25, 0.3) is 0 Å². The SMILES string of the molecule is Cc1cc(C)c(Cn2ccnc2CN(C(=O)NC(C)(C)C)C(C)C)c(C)c1. The quantitative estimate of drug-likeness (QED) is 0.838. The van der Waals surface area contributed by atoms with Crippen molar-refractivity contribution < 1.29 is 4.79 Å². The van der Waals surface area contributed by atoms with Crippen LogP contribution >= 0.6 is 0 Å². The second kappa shape index (κ2) is 8.15. The van der Waals surface area contributed by atoms with E-state index in [1.807, 2.05) is 51.9 Å². The number of benzene rings is 1. The van der Waals surface area contributed by atoms with E-state index >= 15 is 0 Å². The van der Waals surface area contributed by atoms with Crippen LogP contribution in [0.2, 0.25) is 0 Å². The van der Waals surface area contributed by atoms with Gasteiger partial charge in [-0.15, -0.1) is 0 Å². The molecule has 1 heterocycles. The highest BCUT2D eigenvalue weighted by Crippen LogP contribution is 2.19. The Morgan fingerprint density at radius 2 is 1.78 bits per heavy atom. The fraction of sp³-hybridized carbons (Fsp3) is 0.545. The monoisotopic (exact) mass is 370 g/mol. The summed E-state index contributed by atoms with van der Waals surface area (Å²) in [5.74, 6) is 0.895. The second-order valence-corrected chi connectivity index (χ2v) is 8.75. The summed E-state index contributed by atoms with van der Waals surface area (Å²) in [6.07, 6.45) is 3.81. The van der Waals surface area contributed by atoms with Crippen LogP contribution in [0.25, 0.3) is 0 Å². The molecule has 0 atom stereocenters. The van der Waals surface area contributed by atoms with Crippen LogP contribution in [0.1, 0.15) is 62.7 Å². The average Bonchev–Trinajstić information content (AvgIpc) is 2.93. The van der Waals surface area contributed by atoms with Crippen molar-refractivity contribution in [2.24, 2.45) is 0 Å². The lowest BCUT2D eigenvalue weighted by Crippen LogP contribution is -2.50. The van der Waals surface area contributed by atoms with Crippen LogP contribution in [0.3, 0.4) is 0 Å². The van der Waals surface area contributed by atoms with Gasteiger partial charge in [0.15, 0.2) is 0 Å². The van der Waals surface area contributed by atoms with Crippen LogP contribution in [0.15, 0.2) is 24.5 Å². The lowest BCUT2D eigenvalue weighted by molar-refractivity contribution is 0.168. The maximum atomic E-state index is 12.7. The van der Waals surface area contributed by atoms with Crippen LogP contribution in [0.4, 0.5) is 4.79 Å². The first kappa shape index (κ1) is 21.0. The molecule has 0 aliphatic carbocycles. The summed E-state index contributed by atoms with van der Waals surface area (Å²) in [5, 5.41) is 3.06. The first-order valence-corrected chi connectivity index (χ1v) is 9.63. The molecule has 0 saturated carbocycles. The van der Waals surface area contributed by atoms with Crippen molar-refractivity contribution in [3.63, 3.8) is 0 Å². The number of imidazole rings is 1. The topological polar surface area (TPSA) is 50.2 Å². The fourth-order valence-electron chi connectivity index (χ4n) is 3.30. The minimum atomic E-state index is -0.268. The standard InChI is InChI=1S/C22H34N4O/c1-15(2)26(21(27)24-22(6,7)8)14-20-23-9-10-25(20)13-19-17(4)11-16(3)12-18(19)5/h9-12,15H,13-14H2,1-8H3,(H,24,27). The molecule has 5 heteroatoms. The van der Waals surface area contributed by atoms with Gasteiger partial charge in [-0.05, 0) is 72.1 Å². The number of nitrogens with one attached hydrogen (secondary N) is 1. The molecule has 148 valence electrons. The summed E-state index contributed by atoms with van der Waals surface area (Å²) in [5.41, 5.74) is 4.91. The molecular formula is C22H34N4O. The van der Waals surface area contributed by atoms with Crippen molar-refractivity contribution in [1.29, 1.82) is 0 Å². The number of urea groups is 1. The number of nitrogens with zero attached hydrogens (tertiary/aromatic N) is 3. The number of hydrogen-bond donors (Lipinski definition) is 1. The van der Waals surface area contributed by atoms with Gasteiger partial charge in [-0.2, -0.15) is 0 Å². The maximum Gasteiger partial charge on any atom is 0.318 e. The van der Waals surface area contributed by atoms with Crippen LogP contribution in [-0.2, 0) is 13.1 Å². The highest BCUT2D eigenvalue weighted by Gasteiger charge is 2.23. The first-order chi connectivity index (χ1) is 12.5. The number of carbonyl (C=O) groups is 1. The summed E-state index contributed by atoms with van der Waals surface area (Å²) in [7, 11) is 0. The normalized spacial score (nSPS) is 11.7. The predicted molar refractivity (Wildman–Crippen MR) is 111 cm³/mol. The molecule has 0 aliphatic heterocycles. The van der Waals surface area contributed by atoms with Crippen molar-refractivity contribution in [1.82, 2.24) is 19.8 Å². The third-order valence-electron chi connectivity index (χ3n) is 4.65. The van der Waals surface area contributed by atoms with Crippen LogP contribution < -0.4 is 5.32 Å². The van der Waals surface area contributed by atoms with E-state index in [2.05, 4.69) is 47.8 Å². The van der Waals surface area contributed by atoms with Gasteiger partial charge in [0, 0.05) is 30.5 Å². The first-order valence-electron chi connectivity index (χ1n) is 9.63. The number of aryl methyl sites for hydroxylation is 3. The zero-order valence-corrected chi connectivity index (χ0v) is 18.1. The van der Waals surface area contributed by atoms with Gasteiger partial charge in [-0.25, -0.2) is 9.78 Å². The number of amides is 2. The minimum absolute atomic E-state index is 0.0604. The molecule has 2 rings (SSSR count). The Bertz CT molecular complexity index is 776. The van der Waals surface area contributed by atoms with Crippen LogP contribution in [0, 0.1) is 20.8 Å². The summed E-state index contributed by atoms with van der Waals surface area (Å²) in [6, 6.07) is 4.46. The van der Waals surface area contributed by atoms with Gasteiger partial charge >= 0.3 is 6.03 Å². The van der Waals surface area contributed by atoms with Gasteiger partial charge in [-0.3, -0.25) is 0 Å². The summed E-state index contributed by atoms with van der Waals surface area (Å²) < 4.78 is 2.14. The summed E-state index contributed by atoms with van der Waals surface area (Å²) >= 11 is 0. The molecular weight excluding hydrogens is 336 g/mol. The maximum absolute atomic E-state index is 12.7. The van der Waals surface area contributed by atoms with Crippen molar-refractivity contribution in [2.45, 2.75) is 80.1 Å². The lowest BCUT2D eigenvalue weighted by atomic mass is 10.00. The smallest absolute Gasteiger partial charge is 0.318 e. The Kier molecular flexibility index (Phi) is 6.34. The molecule has 0 radical (unpaired) electrons. The van der Waals surface area contributed by atoms with Gasteiger partial charge in [0.2, 0.25) is 0 Å². The fourth-order valence-corrected chi connectivity index (χ4v) is 3.30. The van der Waals surface area contributed by atoms with E-state index in [0.717, 1.165) is 12.4 Å². The molecule has 0 fully saturated rings. The van der Waals surface area contributed by atoms with E-state index in [0.29, 0.717) is 6.54 Å². The highest BCUT2D eigenvalue weighted by molar-refractivity contribution is 5.75. The van der Waals surface area contributed by atoms with Crippen molar-refractivity contribution in [3.05, 3.63) is 52.6 Å². The van der Waals surface area contributed by atoms with E-state index in [4.69, 9.17) is 0 Å². The zero-order chi connectivity index (χ0) is 20.4. The van der Waals surface area contributed by atoms with E-state index in [1.54, 1.807) is 0 Å². The Morgan fingerprint density at radius 1 is 1.19 bits per heavy atom. The number of carbonyl (C=O) groups excluding carboxylic acids is 1. The molecule has 1 N–H and O–H groups in total. The van der Waals surface area contributed by atoms with Gasteiger partial charge in [0.1, 0.15) is 5.82 Å². The molecule has 0 unspecified atom stereocenters. The molecule has 1 aromatic heterocycles. The van der Waals surface area contributed by atoms with Crippen molar-refractivity contribution >= 4 is 6.03 Å². The van der Waals surface area contributed by atoms with Crippen LogP contribution in [0.5, 0.6) is 0 Å². The third-order valence-corrected chi connectivity index (χ3v) is 4.65. The van der Waals surface area contributed by atoms with Crippen molar-refractivity contribution in [2.75, 3.05) is 0 Å². The van der Waals surface area contributed by atoms with E-state index < -0.39 is 0 Å². The number of aromatic nitrogens is 2. The van der Waals surface area contributed by atoms with Crippen molar-refractivity contribution in [3.8, 4) is 0 Å². The minimum Gasteiger partial charge on any atom is -0.333 e. The third kappa shape index (κ3) is 5.59. The summed E-state index contributed by atoms with van der Waals surface area (Å²) in [4.78, 5) is 19.1. The van der Waals surface area contributed by atoms with Gasteiger partial charge in [0.05, 0.1) is 6.54 Å². The molecule has 0 bridgehead atoms. The van der Waals surface area contributed by atoms with E-state index in [1.165, 1.54) is 22.3 Å². The molecule has 2 aromatic rings. The molecule has 2 amide bonds. The molecule has 5 nitrogen and oxygen atoms in total. The zero-order valence-electron chi connectivity index (χ0n) is 18.1. The second-order valence-electron chi connectivity index (χ2n) is 8.75. The van der Waals surface area contributed by atoms with E-state index in [9.17, 15) is 4.79 Å². The van der Waals surface area contributed by atoms with Crippen LogP contribution in [-0.4, -0.2) is 32.1 Å². The molecule has 0 saturated heterocycles. The molecule has 0 aliphatic rings. The largest absolute Gasteiger partial charge is 0.333 e. The Hall–Kier alpha value is -2.30. The Balaban J connectivity index is 2.24. The number of rotatable bonds is 5. The van der Waals surface area contributed by atoms with Gasteiger partial charge < -0.3 is 14.8 Å². The lowest BCUT2D eigenvalue weighted by Gasteiger charge is -2.31. The molecule has 1 aromatic carbocycles. The Morgan fingerprint density at radius 3 is 2.30 bits per heavy atom. The van der Waals surface area contributed by atoms with E-state index in [-0.39, 0.29) is 17.6 Å². The highest BCUT2D eigenvalue weighted by atomic mass is 16.2. The molecule has 0 spiro atoms. The molecule has 27 heavy (non-hydrogen) atoms. The average molecular weight is 371 g/mol. The summed E-state index contributed by atoms with van der Waals surface area (Å²) in [6.45, 7) is 17.7.